The molecule has 1 heterocycles. The largest absolute Gasteiger partial charge is 0.494 e. The average molecular weight is 384 g/mol. The van der Waals surface area contributed by atoms with Crippen molar-refractivity contribution >= 4 is 15.9 Å². The molecule has 7 nitrogen and oxygen atoms in total. The maximum absolute atomic E-state index is 12.8. The second-order valence-electron chi connectivity index (χ2n) is 6.45. The average Bonchev–Trinajstić information content (AvgIpc) is 2.66. The normalized spacial score (nSPS) is 16.4. The zero-order valence-electron chi connectivity index (χ0n) is 15.8. The molecule has 8 heteroatoms. The summed E-state index contributed by atoms with van der Waals surface area (Å²) in [6, 6.07) is 6.49. The minimum Gasteiger partial charge on any atom is -0.494 e. The lowest BCUT2D eigenvalue weighted by Gasteiger charge is -2.32. The summed E-state index contributed by atoms with van der Waals surface area (Å²) in [5.74, 6) is 0.641. The van der Waals surface area contributed by atoms with Crippen LogP contribution in [0.15, 0.2) is 29.2 Å². The van der Waals surface area contributed by atoms with Crippen molar-refractivity contribution in [1.29, 1.82) is 0 Å². The van der Waals surface area contributed by atoms with Crippen LogP contribution in [0.4, 0.5) is 0 Å². The number of piperidine rings is 1. The molecular weight excluding hydrogens is 354 g/mol. The van der Waals surface area contributed by atoms with Gasteiger partial charge in [-0.3, -0.25) is 4.79 Å². The number of ether oxygens (including phenoxy) is 1. The highest BCUT2D eigenvalue weighted by atomic mass is 32.2. The van der Waals surface area contributed by atoms with E-state index in [1.807, 2.05) is 14.0 Å². The Balaban J connectivity index is 1.96. The number of rotatable bonds is 8. The lowest BCUT2D eigenvalue weighted by molar-refractivity contribution is -0.135. The number of carbonyl (C=O) groups is 1. The summed E-state index contributed by atoms with van der Waals surface area (Å²) >= 11 is 0. The van der Waals surface area contributed by atoms with E-state index < -0.39 is 10.0 Å². The number of hydrogen-bond acceptors (Lipinski definition) is 5. The number of benzene rings is 1. The van der Waals surface area contributed by atoms with Crippen LogP contribution in [0.5, 0.6) is 5.75 Å². The monoisotopic (exact) mass is 383 g/mol. The molecule has 0 spiro atoms. The van der Waals surface area contributed by atoms with Crippen LogP contribution in [0.1, 0.15) is 19.8 Å². The highest BCUT2D eigenvalue weighted by molar-refractivity contribution is 7.89. The predicted molar refractivity (Wildman–Crippen MR) is 101 cm³/mol. The highest BCUT2D eigenvalue weighted by Crippen LogP contribution is 2.26. The molecule has 1 N–H and O–H groups in total. The van der Waals surface area contributed by atoms with Gasteiger partial charge in [-0.2, -0.15) is 4.31 Å². The third-order valence-electron chi connectivity index (χ3n) is 4.65. The number of nitrogens with one attached hydrogen (secondary N) is 1. The van der Waals surface area contributed by atoms with E-state index in [1.54, 1.807) is 36.2 Å². The summed E-state index contributed by atoms with van der Waals surface area (Å²) in [5.41, 5.74) is 0. The Bertz CT molecular complexity index is 683. The van der Waals surface area contributed by atoms with Gasteiger partial charge >= 0.3 is 0 Å². The van der Waals surface area contributed by atoms with Gasteiger partial charge in [-0.05, 0) is 51.1 Å². The summed E-state index contributed by atoms with van der Waals surface area (Å²) in [4.78, 5) is 14.4. The molecule has 0 atom stereocenters. The molecule has 0 saturated carbocycles. The molecule has 1 aromatic rings. The van der Waals surface area contributed by atoms with E-state index in [9.17, 15) is 13.2 Å². The third-order valence-corrected chi connectivity index (χ3v) is 6.56. The van der Waals surface area contributed by atoms with Gasteiger partial charge in [-0.25, -0.2) is 8.42 Å². The van der Waals surface area contributed by atoms with Crippen molar-refractivity contribution in [2.24, 2.45) is 5.92 Å². The fraction of sp³-hybridized carbons (Fsp3) is 0.611. The number of nitrogens with zero attached hydrogens (tertiary/aromatic N) is 2. The van der Waals surface area contributed by atoms with Crippen molar-refractivity contribution in [2.45, 2.75) is 24.7 Å². The van der Waals surface area contributed by atoms with Crippen LogP contribution in [-0.4, -0.2) is 70.4 Å². The van der Waals surface area contributed by atoms with Crippen molar-refractivity contribution in [2.75, 3.05) is 46.9 Å². The number of carbonyl (C=O) groups excluding carboxylic acids is 1. The van der Waals surface area contributed by atoms with Gasteiger partial charge in [0.1, 0.15) is 5.75 Å². The fourth-order valence-electron chi connectivity index (χ4n) is 3.07. The molecule has 1 aliphatic rings. The van der Waals surface area contributed by atoms with Gasteiger partial charge in [-0.15, -0.1) is 0 Å². The highest BCUT2D eigenvalue weighted by Gasteiger charge is 2.33. The standard InChI is InChI=1S/C18H29N3O4S/c1-4-25-16-5-7-17(8-6-16)26(23,24)21-12-9-15(10-13-21)18(22)20(3)14-11-19-2/h5-8,15,19H,4,9-14H2,1-3H3. The molecule has 2 rings (SSSR count). The molecule has 1 fully saturated rings. The van der Waals surface area contributed by atoms with Gasteiger partial charge in [0, 0.05) is 39.1 Å². The van der Waals surface area contributed by atoms with Gasteiger partial charge in [0.25, 0.3) is 0 Å². The molecule has 0 aromatic heterocycles. The molecule has 0 unspecified atom stereocenters. The van der Waals surface area contributed by atoms with Crippen LogP contribution in [-0.2, 0) is 14.8 Å². The van der Waals surface area contributed by atoms with Gasteiger partial charge in [0.2, 0.25) is 15.9 Å². The molecule has 1 amide bonds. The third kappa shape index (κ3) is 4.96. The lowest BCUT2D eigenvalue weighted by atomic mass is 9.97. The first-order valence-corrected chi connectivity index (χ1v) is 10.5. The SMILES string of the molecule is CCOc1ccc(S(=O)(=O)N2CCC(C(=O)N(C)CCNC)CC2)cc1. The van der Waals surface area contributed by atoms with E-state index in [2.05, 4.69) is 5.32 Å². The number of sulfonamides is 1. The minimum absolute atomic E-state index is 0.0957. The van der Waals surface area contributed by atoms with Gasteiger partial charge in [-0.1, -0.05) is 0 Å². The summed E-state index contributed by atoms with van der Waals surface area (Å²) in [7, 11) is 0.110. The number of likely N-dealkylation sites (N-methyl/N-ethyl adjacent to an activating group) is 2. The van der Waals surface area contributed by atoms with Crippen LogP contribution in [0, 0.1) is 5.92 Å². The number of amides is 1. The Morgan fingerprint density at radius 3 is 2.42 bits per heavy atom. The Morgan fingerprint density at radius 2 is 1.88 bits per heavy atom. The van der Waals surface area contributed by atoms with Crippen molar-refractivity contribution in [3.63, 3.8) is 0 Å². The first-order valence-electron chi connectivity index (χ1n) is 9.02. The second-order valence-corrected chi connectivity index (χ2v) is 8.38. The van der Waals surface area contributed by atoms with Crippen molar-refractivity contribution < 1.29 is 17.9 Å². The first kappa shape index (κ1) is 20.7. The Morgan fingerprint density at radius 1 is 1.27 bits per heavy atom. The zero-order valence-corrected chi connectivity index (χ0v) is 16.6. The van der Waals surface area contributed by atoms with E-state index in [0.717, 1.165) is 6.54 Å². The molecular formula is C18H29N3O4S. The molecule has 1 aromatic carbocycles. The Labute approximate surface area is 156 Å². The Hall–Kier alpha value is -1.64. The van der Waals surface area contributed by atoms with Crippen molar-refractivity contribution in [3.05, 3.63) is 24.3 Å². The van der Waals surface area contributed by atoms with E-state index in [4.69, 9.17) is 4.74 Å². The Kier molecular flexibility index (Phi) is 7.43. The molecule has 0 radical (unpaired) electrons. The maximum atomic E-state index is 12.8. The smallest absolute Gasteiger partial charge is 0.243 e. The van der Waals surface area contributed by atoms with E-state index in [-0.39, 0.29) is 16.7 Å². The summed E-state index contributed by atoms with van der Waals surface area (Å²) in [5, 5.41) is 3.02. The van der Waals surface area contributed by atoms with Crippen LogP contribution >= 0.6 is 0 Å². The van der Waals surface area contributed by atoms with Crippen LogP contribution in [0.3, 0.4) is 0 Å². The van der Waals surface area contributed by atoms with E-state index in [0.29, 0.717) is 44.8 Å². The minimum atomic E-state index is -3.53. The maximum Gasteiger partial charge on any atom is 0.243 e. The first-order chi connectivity index (χ1) is 12.4. The molecule has 0 aliphatic carbocycles. The van der Waals surface area contributed by atoms with Gasteiger partial charge in [0.05, 0.1) is 11.5 Å². The van der Waals surface area contributed by atoms with Crippen LogP contribution in [0.2, 0.25) is 0 Å². The van der Waals surface area contributed by atoms with Gasteiger partial charge < -0.3 is 15.0 Å². The summed E-state index contributed by atoms with van der Waals surface area (Å²) in [6.07, 6.45) is 1.11. The molecule has 26 heavy (non-hydrogen) atoms. The lowest BCUT2D eigenvalue weighted by Crippen LogP contribution is -2.44. The molecule has 146 valence electrons. The zero-order chi connectivity index (χ0) is 19.2. The quantitative estimate of drug-likeness (QED) is 0.729. The van der Waals surface area contributed by atoms with Crippen molar-refractivity contribution in [1.82, 2.24) is 14.5 Å². The molecule has 1 saturated heterocycles. The van der Waals surface area contributed by atoms with Gasteiger partial charge in [0.15, 0.2) is 0 Å². The topological polar surface area (TPSA) is 79.0 Å². The number of hydrogen-bond donors (Lipinski definition) is 1. The molecule has 1 aliphatic heterocycles. The fourth-order valence-corrected chi connectivity index (χ4v) is 4.54. The predicted octanol–water partition coefficient (Wildman–Crippen LogP) is 1.16. The summed E-state index contributed by atoms with van der Waals surface area (Å²) < 4.78 is 32.4. The van der Waals surface area contributed by atoms with Crippen molar-refractivity contribution in [3.8, 4) is 5.75 Å². The van der Waals surface area contributed by atoms with Crippen LogP contribution < -0.4 is 10.1 Å². The summed E-state index contributed by atoms with van der Waals surface area (Å²) in [6.45, 7) is 4.55. The van der Waals surface area contributed by atoms with Crippen LogP contribution in [0.25, 0.3) is 0 Å². The van der Waals surface area contributed by atoms with E-state index >= 15 is 0 Å². The second kappa shape index (κ2) is 9.34. The molecule has 0 bridgehead atoms. The van der Waals surface area contributed by atoms with E-state index in [1.165, 1.54) is 4.31 Å².